The molecule has 1 saturated heterocycles. The summed E-state index contributed by atoms with van der Waals surface area (Å²) in [6.45, 7) is 1.75. The van der Waals surface area contributed by atoms with Crippen molar-refractivity contribution in [2.75, 3.05) is 4.90 Å². The van der Waals surface area contributed by atoms with Crippen LogP contribution in [0.4, 0.5) is 5.69 Å². The third-order valence-corrected chi connectivity index (χ3v) is 3.33. The van der Waals surface area contributed by atoms with Crippen molar-refractivity contribution in [3.8, 4) is 0 Å². The topological polar surface area (TPSA) is 57.6 Å². The van der Waals surface area contributed by atoms with Crippen LogP contribution in [-0.2, 0) is 9.59 Å². The molecule has 1 aliphatic rings. The van der Waals surface area contributed by atoms with E-state index in [4.69, 9.17) is 16.7 Å². The summed E-state index contributed by atoms with van der Waals surface area (Å²) < 4.78 is 0. The predicted octanol–water partition coefficient (Wildman–Crippen LogP) is 2.17. The second-order valence-corrected chi connectivity index (χ2v) is 4.57. The number of halogens is 1. The van der Waals surface area contributed by atoms with E-state index in [1.807, 2.05) is 0 Å². The number of nitrogens with zero attached hydrogens (tertiary/aromatic N) is 1. The van der Waals surface area contributed by atoms with Gasteiger partial charge in [0.1, 0.15) is 0 Å². The summed E-state index contributed by atoms with van der Waals surface area (Å²) in [6.07, 6.45) is 0.0547. The molecule has 4 nitrogen and oxygen atoms in total. The largest absolute Gasteiger partial charge is 0.481 e. The molecule has 17 heavy (non-hydrogen) atoms. The maximum absolute atomic E-state index is 11.8. The van der Waals surface area contributed by atoms with Crippen LogP contribution < -0.4 is 4.90 Å². The summed E-state index contributed by atoms with van der Waals surface area (Å²) in [7, 11) is 0. The van der Waals surface area contributed by atoms with Gasteiger partial charge in [-0.2, -0.15) is 0 Å². The van der Waals surface area contributed by atoms with Gasteiger partial charge >= 0.3 is 5.97 Å². The summed E-state index contributed by atoms with van der Waals surface area (Å²) in [6, 6.07) is 6.49. The van der Waals surface area contributed by atoms with Crippen LogP contribution >= 0.6 is 11.6 Å². The number of amides is 1. The molecule has 5 heteroatoms. The molecule has 1 aliphatic heterocycles. The van der Waals surface area contributed by atoms with Crippen LogP contribution in [0, 0.1) is 5.92 Å². The number of carbonyl (C=O) groups is 2. The van der Waals surface area contributed by atoms with Crippen LogP contribution in [0.5, 0.6) is 0 Å². The van der Waals surface area contributed by atoms with E-state index >= 15 is 0 Å². The first kappa shape index (κ1) is 11.9. The Balaban J connectivity index is 2.30. The summed E-state index contributed by atoms with van der Waals surface area (Å²) in [5.74, 6) is -1.73. The van der Waals surface area contributed by atoms with E-state index in [9.17, 15) is 9.59 Å². The minimum absolute atomic E-state index is 0.0547. The van der Waals surface area contributed by atoms with Crippen LogP contribution in [0.2, 0.25) is 5.02 Å². The van der Waals surface area contributed by atoms with E-state index < -0.39 is 11.9 Å². The van der Waals surface area contributed by atoms with Crippen LogP contribution in [0.3, 0.4) is 0 Å². The molecule has 0 bridgehead atoms. The number of aliphatic carboxylic acids is 1. The fourth-order valence-corrected chi connectivity index (χ4v) is 2.26. The Morgan fingerprint density at radius 1 is 1.41 bits per heavy atom. The first-order valence-corrected chi connectivity index (χ1v) is 5.69. The lowest BCUT2D eigenvalue weighted by Gasteiger charge is -2.23. The molecule has 90 valence electrons. The Bertz CT molecular complexity index is 457. The molecule has 0 spiro atoms. The van der Waals surface area contributed by atoms with Gasteiger partial charge in [0.25, 0.3) is 0 Å². The number of anilines is 1. The van der Waals surface area contributed by atoms with Crippen molar-refractivity contribution < 1.29 is 14.7 Å². The SMILES string of the molecule is CC1C(C(=O)O)CC(=O)N1c1ccc(Cl)cc1. The first-order chi connectivity index (χ1) is 8.00. The van der Waals surface area contributed by atoms with Crippen molar-refractivity contribution in [2.24, 2.45) is 5.92 Å². The average Bonchev–Trinajstić information content (AvgIpc) is 2.56. The number of hydrogen-bond donors (Lipinski definition) is 1. The minimum atomic E-state index is -0.928. The molecule has 1 N–H and O–H groups in total. The fraction of sp³-hybridized carbons (Fsp3) is 0.333. The van der Waals surface area contributed by atoms with Crippen LogP contribution in [-0.4, -0.2) is 23.0 Å². The van der Waals surface area contributed by atoms with Gasteiger partial charge < -0.3 is 10.0 Å². The van der Waals surface area contributed by atoms with Crippen molar-refractivity contribution >= 4 is 29.2 Å². The lowest BCUT2D eigenvalue weighted by molar-refractivity contribution is -0.142. The summed E-state index contributed by atoms with van der Waals surface area (Å²) in [4.78, 5) is 24.3. The number of hydrogen-bond acceptors (Lipinski definition) is 2. The third-order valence-electron chi connectivity index (χ3n) is 3.07. The van der Waals surface area contributed by atoms with E-state index in [0.717, 1.165) is 0 Å². The molecule has 1 fully saturated rings. The van der Waals surface area contributed by atoms with Crippen LogP contribution in [0.15, 0.2) is 24.3 Å². The molecule has 1 amide bonds. The second-order valence-electron chi connectivity index (χ2n) is 4.13. The Labute approximate surface area is 104 Å². The van der Waals surface area contributed by atoms with Gasteiger partial charge in [-0.25, -0.2) is 0 Å². The molecule has 1 aromatic carbocycles. The Hall–Kier alpha value is -1.55. The summed E-state index contributed by atoms with van der Waals surface area (Å²) in [5, 5.41) is 9.60. The average molecular weight is 254 g/mol. The Morgan fingerprint density at radius 2 is 2.00 bits per heavy atom. The van der Waals surface area contributed by atoms with Gasteiger partial charge in [0.05, 0.1) is 5.92 Å². The van der Waals surface area contributed by atoms with Crippen molar-refractivity contribution in [3.05, 3.63) is 29.3 Å². The van der Waals surface area contributed by atoms with E-state index in [-0.39, 0.29) is 18.4 Å². The third kappa shape index (κ3) is 2.13. The lowest BCUT2D eigenvalue weighted by Crippen LogP contribution is -2.34. The van der Waals surface area contributed by atoms with Gasteiger partial charge in [-0.1, -0.05) is 11.6 Å². The molecule has 0 radical (unpaired) electrons. The smallest absolute Gasteiger partial charge is 0.309 e. The first-order valence-electron chi connectivity index (χ1n) is 5.31. The highest BCUT2D eigenvalue weighted by Crippen LogP contribution is 2.31. The van der Waals surface area contributed by atoms with E-state index in [0.29, 0.717) is 10.7 Å². The van der Waals surface area contributed by atoms with Crippen molar-refractivity contribution in [1.82, 2.24) is 0 Å². The Kier molecular flexibility index (Phi) is 3.07. The molecule has 0 saturated carbocycles. The van der Waals surface area contributed by atoms with Crippen molar-refractivity contribution in [2.45, 2.75) is 19.4 Å². The van der Waals surface area contributed by atoms with Crippen LogP contribution in [0.25, 0.3) is 0 Å². The van der Waals surface area contributed by atoms with Gasteiger partial charge in [-0.15, -0.1) is 0 Å². The number of carboxylic acid groups (broad SMARTS) is 1. The van der Waals surface area contributed by atoms with E-state index in [2.05, 4.69) is 0 Å². The fourth-order valence-electron chi connectivity index (χ4n) is 2.14. The molecule has 2 unspecified atom stereocenters. The van der Waals surface area contributed by atoms with Crippen molar-refractivity contribution in [1.29, 1.82) is 0 Å². The number of carboxylic acids is 1. The van der Waals surface area contributed by atoms with Gasteiger partial charge in [0, 0.05) is 23.2 Å². The zero-order valence-corrected chi connectivity index (χ0v) is 10.0. The van der Waals surface area contributed by atoms with Gasteiger partial charge in [-0.3, -0.25) is 9.59 Å². The highest BCUT2D eigenvalue weighted by Gasteiger charge is 2.41. The van der Waals surface area contributed by atoms with E-state index in [1.165, 1.54) is 4.90 Å². The number of carbonyl (C=O) groups excluding carboxylic acids is 1. The zero-order chi connectivity index (χ0) is 12.6. The maximum atomic E-state index is 11.8. The molecule has 1 aromatic rings. The normalized spacial score (nSPS) is 24.1. The molecular formula is C12H12ClNO3. The minimum Gasteiger partial charge on any atom is -0.481 e. The summed E-state index contributed by atoms with van der Waals surface area (Å²) in [5.41, 5.74) is 0.690. The number of benzene rings is 1. The van der Waals surface area contributed by atoms with Gasteiger partial charge in [-0.05, 0) is 31.2 Å². The number of rotatable bonds is 2. The molecular weight excluding hydrogens is 242 g/mol. The van der Waals surface area contributed by atoms with E-state index in [1.54, 1.807) is 31.2 Å². The quantitative estimate of drug-likeness (QED) is 0.879. The predicted molar refractivity (Wildman–Crippen MR) is 64.1 cm³/mol. The molecule has 2 rings (SSSR count). The van der Waals surface area contributed by atoms with Gasteiger partial charge in [0.15, 0.2) is 0 Å². The monoisotopic (exact) mass is 253 g/mol. The van der Waals surface area contributed by atoms with Crippen molar-refractivity contribution in [3.63, 3.8) is 0 Å². The van der Waals surface area contributed by atoms with Crippen LogP contribution in [0.1, 0.15) is 13.3 Å². The lowest BCUT2D eigenvalue weighted by atomic mass is 10.0. The highest BCUT2D eigenvalue weighted by molar-refractivity contribution is 6.30. The maximum Gasteiger partial charge on any atom is 0.309 e. The standard InChI is InChI=1S/C12H12ClNO3/c1-7-10(12(16)17)6-11(15)14(7)9-4-2-8(13)3-5-9/h2-5,7,10H,6H2,1H3,(H,16,17). The zero-order valence-electron chi connectivity index (χ0n) is 9.26. The highest BCUT2D eigenvalue weighted by atomic mass is 35.5. The Morgan fingerprint density at radius 3 is 2.47 bits per heavy atom. The molecule has 1 heterocycles. The molecule has 0 aromatic heterocycles. The van der Waals surface area contributed by atoms with Gasteiger partial charge in [0.2, 0.25) is 5.91 Å². The molecule has 0 aliphatic carbocycles. The molecule has 2 atom stereocenters. The second kappa shape index (κ2) is 4.37. The summed E-state index contributed by atoms with van der Waals surface area (Å²) >= 11 is 5.77.